The molecule has 1 aromatic carbocycles. The summed E-state index contributed by atoms with van der Waals surface area (Å²) in [5, 5.41) is 11.1. The van der Waals surface area contributed by atoms with Crippen molar-refractivity contribution in [1.29, 1.82) is 0 Å². The average Bonchev–Trinajstić information content (AvgIpc) is 3.43. The summed E-state index contributed by atoms with van der Waals surface area (Å²) in [6, 6.07) is 9.78. The van der Waals surface area contributed by atoms with Crippen molar-refractivity contribution in [3.05, 3.63) is 65.1 Å². The topological polar surface area (TPSA) is 116 Å². The fourth-order valence-electron chi connectivity index (χ4n) is 5.47. The fourth-order valence-corrected chi connectivity index (χ4v) is 5.47. The molecule has 2 aromatic heterocycles. The number of cyclic esters (lactones) is 1. The van der Waals surface area contributed by atoms with Gasteiger partial charge in [-0.2, -0.15) is 4.68 Å². The maximum absolute atomic E-state index is 13.1. The van der Waals surface area contributed by atoms with Crippen LogP contribution in [0.4, 0.5) is 0 Å². The largest absolute Gasteiger partial charge is 0.459 e. The van der Waals surface area contributed by atoms with Gasteiger partial charge in [-0.1, -0.05) is 18.2 Å². The number of amides is 1. The molecular formula is C26H29N7O4. The summed E-state index contributed by atoms with van der Waals surface area (Å²) in [7, 11) is 0. The van der Waals surface area contributed by atoms with Crippen LogP contribution in [0, 0.1) is 0 Å². The molecule has 3 aromatic rings. The number of carbonyl (C=O) groups excluding carboxylic acids is 2. The molecule has 0 aliphatic carbocycles. The van der Waals surface area contributed by atoms with E-state index in [4.69, 9.17) is 9.47 Å². The number of morpholine rings is 1. The van der Waals surface area contributed by atoms with Crippen LogP contribution in [0.5, 0.6) is 0 Å². The van der Waals surface area contributed by atoms with Crippen LogP contribution in [-0.4, -0.2) is 91.8 Å². The minimum absolute atomic E-state index is 0.0839. The van der Waals surface area contributed by atoms with Crippen LogP contribution < -0.4 is 0 Å². The number of aromatic nitrogens is 5. The van der Waals surface area contributed by atoms with Crippen molar-refractivity contribution in [3.8, 4) is 5.82 Å². The Bertz CT molecular complexity index is 1310. The molecule has 3 aliphatic rings. The number of pyridine rings is 1. The number of rotatable bonds is 4. The van der Waals surface area contributed by atoms with E-state index in [-0.39, 0.29) is 24.0 Å². The van der Waals surface area contributed by atoms with Gasteiger partial charge in [-0.3, -0.25) is 9.69 Å². The molecule has 1 amide bonds. The number of esters is 1. The van der Waals surface area contributed by atoms with Crippen molar-refractivity contribution in [1.82, 2.24) is 35.0 Å². The third kappa shape index (κ3) is 4.60. The second-order valence-electron chi connectivity index (χ2n) is 10.3. The molecule has 2 fully saturated rings. The smallest absolute Gasteiger partial charge is 0.338 e. The summed E-state index contributed by atoms with van der Waals surface area (Å²) in [4.78, 5) is 34.0. The first kappa shape index (κ1) is 23.7. The first-order valence-corrected chi connectivity index (χ1v) is 12.6. The zero-order valence-electron chi connectivity index (χ0n) is 20.9. The van der Waals surface area contributed by atoms with Crippen molar-refractivity contribution < 1.29 is 19.1 Å². The maximum atomic E-state index is 13.1. The van der Waals surface area contributed by atoms with E-state index in [2.05, 4.69) is 38.4 Å². The third-order valence-corrected chi connectivity index (χ3v) is 7.56. The van der Waals surface area contributed by atoms with E-state index in [1.165, 1.54) is 11.0 Å². The van der Waals surface area contributed by atoms with Gasteiger partial charge >= 0.3 is 5.97 Å². The summed E-state index contributed by atoms with van der Waals surface area (Å²) in [5.74, 6) is 0.432. The summed E-state index contributed by atoms with van der Waals surface area (Å²) in [5.41, 5.74) is 3.11. The number of hydrogen-bond donors (Lipinski definition) is 0. The Morgan fingerprint density at radius 1 is 1.22 bits per heavy atom. The molecule has 0 radical (unpaired) electrons. The molecule has 3 unspecified atom stereocenters. The van der Waals surface area contributed by atoms with Gasteiger partial charge in [0.25, 0.3) is 0 Å². The van der Waals surface area contributed by atoms with Gasteiger partial charge in [0.05, 0.1) is 24.6 Å². The monoisotopic (exact) mass is 503 g/mol. The predicted molar refractivity (Wildman–Crippen MR) is 131 cm³/mol. The number of piperazine rings is 1. The average molecular weight is 504 g/mol. The molecule has 2 saturated heterocycles. The van der Waals surface area contributed by atoms with Crippen molar-refractivity contribution in [2.75, 3.05) is 32.8 Å². The number of nitrogens with zero attached hydrogens (tertiary/aromatic N) is 7. The van der Waals surface area contributed by atoms with E-state index in [1.54, 1.807) is 12.3 Å². The number of ether oxygens (including phenoxy) is 2. The lowest BCUT2D eigenvalue weighted by Crippen LogP contribution is -2.63. The van der Waals surface area contributed by atoms with Gasteiger partial charge in [0.15, 0.2) is 5.82 Å². The third-order valence-electron chi connectivity index (χ3n) is 7.56. The Balaban J connectivity index is 1.08. The van der Waals surface area contributed by atoms with Crippen LogP contribution in [0.3, 0.4) is 0 Å². The van der Waals surface area contributed by atoms with Gasteiger partial charge in [0, 0.05) is 38.8 Å². The van der Waals surface area contributed by atoms with Crippen LogP contribution >= 0.6 is 0 Å². The first-order chi connectivity index (χ1) is 17.9. The van der Waals surface area contributed by atoms with Gasteiger partial charge in [0.2, 0.25) is 5.91 Å². The van der Waals surface area contributed by atoms with Crippen molar-refractivity contribution in [3.63, 3.8) is 0 Å². The number of fused-ring (bicyclic) bond motifs is 2. The second-order valence-corrected chi connectivity index (χ2v) is 10.3. The zero-order valence-corrected chi connectivity index (χ0v) is 20.9. The Morgan fingerprint density at radius 2 is 2.11 bits per heavy atom. The van der Waals surface area contributed by atoms with Crippen LogP contribution in [0.15, 0.2) is 42.9 Å². The van der Waals surface area contributed by atoms with E-state index in [1.807, 2.05) is 30.0 Å². The summed E-state index contributed by atoms with van der Waals surface area (Å²) >= 11 is 0. The molecule has 5 heterocycles. The predicted octanol–water partition coefficient (Wildman–Crippen LogP) is 1.16. The molecule has 0 spiro atoms. The van der Waals surface area contributed by atoms with Crippen LogP contribution in [0.2, 0.25) is 0 Å². The van der Waals surface area contributed by atoms with E-state index < -0.39 is 5.60 Å². The van der Waals surface area contributed by atoms with E-state index >= 15 is 0 Å². The normalized spacial score (nSPS) is 25.8. The molecule has 192 valence electrons. The Kier molecular flexibility index (Phi) is 5.96. The molecular weight excluding hydrogens is 474 g/mol. The highest BCUT2D eigenvalue weighted by Crippen LogP contribution is 2.35. The van der Waals surface area contributed by atoms with E-state index in [9.17, 15) is 9.59 Å². The van der Waals surface area contributed by atoms with Crippen LogP contribution in [-0.2, 0) is 32.7 Å². The van der Waals surface area contributed by atoms with Crippen molar-refractivity contribution in [2.24, 2.45) is 0 Å². The van der Waals surface area contributed by atoms with Gasteiger partial charge in [0.1, 0.15) is 18.0 Å². The number of carbonyl (C=O) groups is 2. The number of benzene rings is 1. The first-order valence-electron chi connectivity index (χ1n) is 12.6. The van der Waals surface area contributed by atoms with Gasteiger partial charge in [-0.25, -0.2) is 9.78 Å². The van der Waals surface area contributed by atoms with E-state index in [0.29, 0.717) is 43.9 Å². The molecule has 37 heavy (non-hydrogen) atoms. The Hall–Kier alpha value is -3.70. The Labute approximate surface area is 214 Å². The standard InChI is InChI=1S/C26H29N7O4/c1-17-9-19-11-20(4-5-22(19)25(35)37-17)26(2)15-32-8-7-31(13-21(32)14-36-26)24(34)10-18-3-6-23(27-12-18)33-16-28-29-30-33/h3-6,11-12,16-17,21H,7-10,13-15H2,1-2H3. The minimum Gasteiger partial charge on any atom is -0.459 e. The van der Waals surface area contributed by atoms with Gasteiger partial charge in [-0.05, 0) is 53.1 Å². The number of hydrogen-bond acceptors (Lipinski definition) is 9. The highest BCUT2D eigenvalue weighted by Gasteiger charge is 2.42. The maximum Gasteiger partial charge on any atom is 0.338 e. The quantitative estimate of drug-likeness (QED) is 0.484. The van der Waals surface area contributed by atoms with Gasteiger partial charge in [-0.15, -0.1) is 5.10 Å². The molecule has 3 aliphatic heterocycles. The minimum atomic E-state index is -0.477. The fraction of sp³-hybridized carbons (Fsp3) is 0.462. The van der Waals surface area contributed by atoms with Crippen LogP contribution in [0.25, 0.3) is 5.82 Å². The lowest BCUT2D eigenvalue weighted by molar-refractivity contribution is -0.155. The molecule has 11 heteroatoms. The van der Waals surface area contributed by atoms with Gasteiger partial charge < -0.3 is 14.4 Å². The molecule has 6 rings (SSSR count). The SMILES string of the molecule is CC1Cc2cc(C3(C)CN4CCN(C(=O)Cc5ccc(-n6cnnn6)nc5)CC4CO3)ccc2C(=O)O1. The zero-order chi connectivity index (χ0) is 25.6. The van der Waals surface area contributed by atoms with E-state index in [0.717, 1.165) is 29.8 Å². The highest BCUT2D eigenvalue weighted by molar-refractivity contribution is 5.92. The second kappa shape index (κ2) is 9.31. The van der Waals surface area contributed by atoms with Crippen molar-refractivity contribution in [2.45, 2.75) is 44.4 Å². The molecule has 11 nitrogen and oxygen atoms in total. The van der Waals surface area contributed by atoms with Crippen LogP contribution in [0.1, 0.15) is 40.9 Å². The molecule has 0 bridgehead atoms. The molecule has 0 saturated carbocycles. The van der Waals surface area contributed by atoms with Crippen molar-refractivity contribution >= 4 is 11.9 Å². The highest BCUT2D eigenvalue weighted by atomic mass is 16.5. The Morgan fingerprint density at radius 3 is 2.89 bits per heavy atom. The lowest BCUT2D eigenvalue weighted by Gasteiger charge is -2.50. The number of tetrazole rings is 1. The summed E-state index contributed by atoms with van der Waals surface area (Å²) < 4.78 is 13.3. The lowest BCUT2D eigenvalue weighted by atomic mass is 9.87. The summed E-state index contributed by atoms with van der Waals surface area (Å²) in [6.45, 7) is 7.41. The molecule has 3 atom stereocenters. The molecule has 0 N–H and O–H groups in total. The summed E-state index contributed by atoms with van der Waals surface area (Å²) in [6.07, 6.45) is 4.06.